The fraction of sp³-hybridized carbons (Fsp3) is 0.929. The molecule has 4 atom stereocenters. The Labute approximate surface area is 120 Å². The molecule has 1 aliphatic carbocycles. The van der Waals surface area contributed by atoms with Gasteiger partial charge in [-0.25, -0.2) is 0 Å². The molecule has 0 N–H and O–H groups in total. The minimum atomic E-state index is -0.419. The van der Waals surface area contributed by atoms with E-state index < -0.39 is 6.29 Å². The minimum absolute atomic E-state index is 0.244. The second-order valence-electron chi connectivity index (χ2n) is 6.35. The van der Waals surface area contributed by atoms with Gasteiger partial charge in [0.2, 0.25) is 0 Å². The Morgan fingerprint density at radius 1 is 1.39 bits per heavy atom. The first kappa shape index (κ1) is 14.6. The van der Waals surface area contributed by atoms with Gasteiger partial charge in [0.1, 0.15) is 0 Å². The third-order valence-corrected chi connectivity index (χ3v) is 8.87. The second-order valence-corrected chi connectivity index (χ2v) is 9.07. The van der Waals surface area contributed by atoms with Crippen LogP contribution in [0.3, 0.4) is 0 Å². The van der Waals surface area contributed by atoms with E-state index in [1.165, 1.54) is 15.8 Å². The van der Waals surface area contributed by atoms with Crippen LogP contribution in [0.25, 0.3) is 0 Å². The molecule has 0 aromatic rings. The Kier molecular flexibility index (Phi) is 3.99. The summed E-state index contributed by atoms with van der Waals surface area (Å²) in [4.78, 5) is 11.0. The van der Waals surface area contributed by atoms with Crippen molar-refractivity contribution in [3.63, 3.8) is 0 Å². The third kappa shape index (κ3) is 2.30. The van der Waals surface area contributed by atoms with Gasteiger partial charge in [-0.15, -0.1) is 0 Å². The molecular weight excluding hydrogens is 343 g/mol. The molecule has 2 aliphatic rings. The Morgan fingerprint density at radius 3 is 2.61 bits per heavy atom. The van der Waals surface area contributed by atoms with E-state index in [0.29, 0.717) is 26.6 Å². The second kappa shape index (κ2) is 4.93. The molecule has 0 spiro atoms. The molecule has 4 unspecified atom stereocenters. The Bertz CT molecular complexity index is 342. The average Bonchev–Trinajstić information content (AvgIpc) is 2.37. The number of carbonyl (C=O) groups is 1. The summed E-state index contributed by atoms with van der Waals surface area (Å²) < 4.78 is 13.9. The monoisotopic (exact) mass is 367 g/mol. The number of carbonyl (C=O) groups excluding carboxylic acids is 1. The summed E-state index contributed by atoms with van der Waals surface area (Å²) in [5.74, 6) is 0.527. The molecule has 2 bridgehead atoms. The van der Waals surface area contributed by atoms with Crippen molar-refractivity contribution in [2.24, 2.45) is 16.7 Å². The van der Waals surface area contributed by atoms with Crippen molar-refractivity contribution in [2.75, 3.05) is 8.86 Å². The van der Waals surface area contributed by atoms with Gasteiger partial charge in [0, 0.05) is 0 Å². The maximum absolute atomic E-state index is 11.0. The van der Waals surface area contributed by atoms with Crippen molar-refractivity contribution < 1.29 is 35.5 Å². The van der Waals surface area contributed by atoms with Crippen LogP contribution in [0, 0.1) is 16.7 Å². The fourth-order valence-electron chi connectivity index (χ4n) is 3.29. The number of ether oxygens (including phenoxy) is 2. The molecule has 1 heterocycles. The first-order chi connectivity index (χ1) is 8.27. The van der Waals surface area contributed by atoms with Gasteiger partial charge >= 0.3 is 120 Å². The molecule has 0 amide bonds. The molecule has 18 heavy (non-hydrogen) atoms. The summed E-state index contributed by atoms with van der Waals surface area (Å²) in [5, 5.41) is 0. The first-order valence-electron chi connectivity index (χ1n) is 6.63. The molecule has 2 fully saturated rings. The van der Waals surface area contributed by atoms with Gasteiger partial charge in [-0.3, -0.25) is 0 Å². The molecule has 1 saturated carbocycles. The number of esters is 1. The van der Waals surface area contributed by atoms with E-state index in [0.717, 1.165) is 12.3 Å². The third-order valence-electron chi connectivity index (χ3n) is 5.06. The SMILES string of the molecule is CC(=O)OC(C)OC1CC2C[I-]CC1(C)C2(C)C. The van der Waals surface area contributed by atoms with Crippen molar-refractivity contribution in [1.29, 1.82) is 0 Å². The number of rotatable bonds is 3. The van der Waals surface area contributed by atoms with Gasteiger partial charge in [-0.1, -0.05) is 0 Å². The van der Waals surface area contributed by atoms with E-state index in [1.54, 1.807) is 0 Å². The van der Waals surface area contributed by atoms with Gasteiger partial charge in [-0.05, 0) is 0 Å². The van der Waals surface area contributed by atoms with Gasteiger partial charge in [-0.2, -0.15) is 0 Å². The zero-order valence-corrected chi connectivity index (χ0v) is 14.1. The molecule has 2 rings (SSSR count). The van der Waals surface area contributed by atoms with E-state index in [4.69, 9.17) is 9.47 Å². The normalized spacial score (nSPS) is 39.8. The van der Waals surface area contributed by atoms with E-state index in [1.807, 2.05) is 6.92 Å². The summed E-state index contributed by atoms with van der Waals surface area (Å²) in [7, 11) is 0. The zero-order valence-electron chi connectivity index (χ0n) is 12.0. The summed E-state index contributed by atoms with van der Waals surface area (Å²) >= 11 is 0.330. The number of hydrogen-bond acceptors (Lipinski definition) is 3. The molecule has 3 nitrogen and oxygen atoms in total. The Hall–Kier alpha value is 0.160. The first-order valence-corrected chi connectivity index (χ1v) is 9.68. The van der Waals surface area contributed by atoms with E-state index >= 15 is 0 Å². The number of fused-ring (bicyclic) bond motifs is 2. The summed E-state index contributed by atoms with van der Waals surface area (Å²) in [6.07, 6.45) is 0.959. The van der Waals surface area contributed by atoms with Gasteiger partial charge in [0.05, 0.1) is 0 Å². The Morgan fingerprint density at radius 2 is 2.06 bits per heavy atom. The van der Waals surface area contributed by atoms with Crippen LogP contribution in [0.1, 0.15) is 41.0 Å². The van der Waals surface area contributed by atoms with Crippen molar-refractivity contribution in [2.45, 2.75) is 53.4 Å². The quantitative estimate of drug-likeness (QED) is 0.290. The van der Waals surface area contributed by atoms with E-state index in [9.17, 15) is 4.79 Å². The molecule has 0 aromatic carbocycles. The summed E-state index contributed by atoms with van der Waals surface area (Å²) in [5.41, 5.74) is 0.614. The van der Waals surface area contributed by atoms with Crippen LogP contribution >= 0.6 is 0 Å². The van der Waals surface area contributed by atoms with Gasteiger partial charge in [0.25, 0.3) is 0 Å². The topological polar surface area (TPSA) is 35.5 Å². The molecular formula is C14H24IO3-. The summed E-state index contributed by atoms with van der Waals surface area (Å²) in [6.45, 7) is 10.4. The molecule has 1 aliphatic heterocycles. The number of halogens is 1. The van der Waals surface area contributed by atoms with Crippen LogP contribution in [0.15, 0.2) is 0 Å². The zero-order chi connectivity index (χ0) is 13.6. The van der Waals surface area contributed by atoms with Crippen molar-refractivity contribution in [3.8, 4) is 0 Å². The van der Waals surface area contributed by atoms with Crippen molar-refractivity contribution >= 4 is 5.97 Å². The standard InChI is InChI=1S/C14H24IO3/c1-9(16)17-10(2)18-12-6-11-7-15-8-14(12,5)13(11,3)4/h10-12H,6-8H2,1-5H3/q-1. The average molecular weight is 367 g/mol. The number of hydrogen-bond donors (Lipinski definition) is 0. The maximum atomic E-state index is 11.0. The molecule has 0 aromatic heterocycles. The van der Waals surface area contributed by atoms with Crippen LogP contribution in [0.4, 0.5) is 0 Å². The van der Waals surface area contributed by atoms with E-state index in [2.05, 4.69) is 20.8 Å². The number of alkyl halides is 2. The van der Waals surface area contributed by atoms with Crippen molar-refractivity contribution in [1.82, 2.24) is 0 Å². The van der Waals surface area contributed by atoms with Crippen LogP contribution in [0.2, 0.25) is 0 Å². The van der Waals surface area contributed by atoms with Crippen LogP contribution < -0.4 is 21.2 Å². The predicted molar refractivity (Wildman–Crippen MR) is 65.8 cm³/mol. The summed E-state index contributed by atoms with van der Waals surface area (Å²) in [6, 6.07) is 0. The van der Waals surface area contributed by atoms with Crippen LogP contribution in [-0.4, -0.2) is 27.2 Å². The van der Waals surface area contributed by atoms with Crippen LogP contribution in [-0.2, 0) is 14.3 Å². The van der Waals surface area contributed by atoms with Crippen LogP contribution in [0.5, 0.6) is 0 Å². The molecule has 4 heteroatoms. The molecule has 1 saturated heterocycles. The van der Waals surface area contributed by atoms with E-state index in [-0.39, 0.29) is 17.5 Å². The van der Waals surface area contributed by atoms with Crippen molar-refractivity contribution in [3.05, 3.63) is 0 Å². The fourth-order valence-corrected chi connectivity index (χ4v) is 8.41. The van der Waals surface area contributed by atoms with Gasteiger partial charge in [0.15, 0.2) is 0 Å². The molecule has 0 radical (unpaired) electrons. The van der Waals surface area contributed by atoms with Gasteiger partial charge < -0.3 is 0 Å². The Balaban J connectivity index is 2.09. The predicted octanol–water partition coefficient (Wildman–Crippen LogP) is -0.564. The molecule has 106 valence electrons.